The Bertz CT molecular complexity index is 1210. The van der Waals surface area contributed by atoms with E-state index < -0.39 is 26.7 Å². The Morgan fingerprint density at radius 1 is 1.26 bits per heavy atom. The first-order valence-corrected chi connectivity index (χ1v) is 13.8. The summed E-state index contributed by atoms with van der Waals surface area (Å²) in [5.74, 6) is 0.961. The molecule has 1 aromatic carbocycles. The minimum Gasteiger partial charge on any atom is -0.343 e. The predicted octanol–water partition coefficient (Wildman–Crippen LogP) is 2.38. The highest BCUT2D eigenvalue weighted by molar-refractivity contribution is 7.92. The zero-order valence-electron chi connectivity index (χ0n) is 19.5. The van der Waals surface area contributed by atoms with Crippen LogP contribution in [0.25, 0.3) is 0 Å². The van der Waals surface area contributed by atoms with Crippen molar-refractivity contribution in [1.82, 2.24) is 15.1 Å². The van der Waals surface area contributed by atoms with E-state index in [0.717, 1.165) is 30.8 Å². The second-order valence-electron chi connectivity index (χ2n) is 10.1. The van der Waals surface area contributed by atoms with E-state index in [-0.39, 0.29) is 30.5 Å². The number of carbonyl (C=O) groups excluding carboxylic acids is 1. The lowest BCUT2D eigenvalue weighted by Gasteiger charge is -2.27. The SMILES string of the molecule is Cc1cc(N2C[C@H](S(=O)(=O)CC3CC3)C[C@H]2C(=O)NC2(C#N)CC2)n(CCc2ccccc2)n1. The second-order valence-corrected chi connectivity index (χ2v) is 12.4. The van der Waals surface area contributed by atoms with Gasteiger partial charge in [-0.1, -0.05) is 30.3 Å². The average Bonchev–Trinajstić information content (AvgIpc) is 3.70. The lowest BCUT2D eigenvalue weighted by atomic mass is 10.1. The van der Waals surface area contributed by atoms with E-state index in [1.807, 2.05) is 40.8 Å². The van der Waals surface area contributed by atoms with Crippen LogP contribution < -0.4 is 10.2 Å². The molecule has 1 N–H and O–H groups in total. The summed E-state index contributed by atoms with van der Waals surface area (Å²) in [4.78, 5) is 15.2. The van der Waals surface area contributed by atoms with Crippen LogP contribution in [-0.2, 0) is 27.6 Å². The smallest absolute Gasteiger partial charge is 0.244 e. The second kappa shape index (κ2) is 8.73. The van der Waals surface area contributed by atoms with Gasteiger partial charge in [-0.3, -0.25) is 4.79 Å². The normalized spacial score (nSPS) is 23.5. The molecule has 2 saturated carbocycles. The first-order valence-electron chi connectivity index (χ1n) is 12.1. The number of carbonyl (C=O) groups is 1. The van der Waals surface area contributed by atoms with E-state index in [1.165, 1.54) is 5.56 Å². The maximum Gasteiger partial charge on any atom is 0.244 e. The fraction of sp³-hybridized carbons (Fsp3) is 0.560. The zero-order chi connectivity index (χ0) is 23.9. The Labute approximate surface area is 200 Å². The molecule has 8 nitrogen and oxygen atoms in total. The first kappa shape index (κ1) is 22.9. The maximum atomic E-state index is 13.3. The first-order chi connectivity index (χ1) is 16.3. The van der Waals surface area contributed by atoms with Crippen molar-refractivity contribution in [2.24, 2.45) is 5.92 Å². The number of benzene rings is 1. The van der Waals surface area contributed by atoms with Crippen molar-refractivity contribution >= 4 is 21.6 Å². The van der Waals surface area contributed by atoms with Gasteiger partial charge in [-0.25, -0.2) is 13.1 Å². The Morgan fingerprint density at radius 2 is 2.00 bits per heavy atom. The standard InChI is InChI=1S/C25H31N5O3S/c1-18-13-23(30(28-18)12-9-19-5-3-2-4-6-19)29-15-21(34(32,33)16-20-7-8-20)14-22(29)24(31)27-25(17-26)10-11-25/h2-6,13,20-22H,7-12,14-16H2,1H3,(H,27,31)/t21-,22+/m1/s1. The van der Waals surface area contributed by atoms with Crippen molar-refractivity contribution in [2.75, 3.05) is 17.2 Å². The van der Waals surface area contributed by atoms with Gasteiger partial charge in [0.25, 0.3) is 0 Å². The number of aryl methyl sites for hydroxylation is 3. The van der Waals surface area contributed by atoms with Crippen LogP contribution >= 0.6 is 0 Å². The van der Waals surface area contributed by atoms with Crippen molar-refractivity contribution in [3.63, 3.8) is 0 Å². The molecule has 2 heterocycles. The molecule has 3 aliphatic rings. The van der Waals surface area contributed by atoms with Crippen molar-refractivity contribution < 1.29 is 13.2 Å². The van der Waals surface area contributed by atoms with E-state index in [1.54, 1.807) is 0 Å². The van der Waals surface area contributed by atoms with Gasteiger partial charge in [0.05, 0.1) is 22.8 Å². The predicted molar refractivity (Wildman–Crippen MR) is 129 cm³/mol. The maximum absolute atomic E-state index is 13.3. The molecule has 1 aromatic heterocycles. The quantitative estimate of drug-likeness (QED) is 0.589. The number of anilines is 1. The van der Waals surface area contributed by atoms with Gasteiger partial charge in [0.2, 0.25) is 5.91 Å². The van der Waals surface area contributed by atoms with E-state index in [0.29, 0.717) is 19.4 Å². The van der Waals surface area contributed by atoms with Crippen LogP contribution in [0.1, 0.15) is 43.4 Å². The minimum atomic E-state index is -3.32. The van der Waals surface area contributed by atoms with Crippen molar-refractivity contribution in [3.8, 4) is 6.07 Å². The summed E-state index contributed by atoms with van der Waals surface area (Å²) in [6, 6.07) is 13.6. The highest BCUT2D eigenvalue weighted by Crippen LogP contribution is 2.38. The lowest BCUT2D eigenvalue weighted by Crippen LogP contribution is -2.48. The zero-order valence-corrected chi connectivity index (χ0v) is 20.3. The van der Waals surface area contributed by atoms with E-state index in [2.05, 4.69) is 28.6 Å². The number of amides is 1. The summed E-state index contributed by atoms with van der Waals surface area (Å²) in [7, 11) is -3.32. The molecule has 0 bridgehead atoms. The number of nitrogens with zero attached hydrogens (tertiary/aromatic N) is 4. The van der Waals surface area contributed by atoms with Crippen LogP contribution in [0.3, 0.4) is 0 Å². The molecule has 0 spiro atoms. The Kier molecular flexibility index (Phi) is 5.88. The van der Waals surface area contributed by atoms with E-state index in [4.69, 9.17) is 0 Å². The Balaban J connectivity index is 1.41. The summed E-state index contributed by atoms with van der Waals surface area (Å²) in [5.41, 5.74) is 1.21. The number of rotatable bonds is 9. The molecule has 2 atom stereocenters. The molecule has 34 heavy (non-hydrogen) atoms. The fourth-order valence-corrected chi connectivity index (χ4v) is 6.95. The van der Waals surface area contributed by atoms with E-state index in [9.17, 15) is 18.5 Å². The van der Waals surface area contributed by atoms with Crippen LogP contribution in [0.15, 0.2) is 36.4 Å². The van der Waals surface area contributed by atoms with Gasteiger partial charge in [-0.05, 0) is 56.9 Å². The number of sulfone groups is 1. The Hall–Kier alpha value is -2.86. The molecule has 5 rings (SSSR count). The molecular weight excluding hydrogens is 450 g/mol. The number of aromatic nitrogens is 2. The topological polar surface area (TPSA) is 108 Å². The van der Waals surface area contributed by atoms with Gasteiger partial charge in [-0.2, -0.15) is 10.4 Å². The molecule has 1 saturated heterocycles. The number of nitrogens with one attached hydrogen (secondary N) is 1. The summed E-state index contributed by atoms with van der Waals surface area (Å²) >= 11 is 0. The van der Waals surface area contributed by atoms with Gasteiger partial charge >= 0.3 is 0 Å². The highest BCUT2D eigenvalue weighted by atomic mass is 32.2. The molecule has 0 unspecified atom stereocenters. The van der Waals surface area contributed by atoms with Crippen LogP contribution in [0.2, 0.25) is 0 Å². The molecule has 1 aliphatic heterocycles. The summed E-state index contributed by atoms with van der Waals surface area (Å²) in [6.07, 6.45) is 4.23. The van der Waals surface area contributed by atoms with Gasteiger partial charge < -0.3 is 10.2 Å². The monoisotopic (exact) mass is 481 g/mol. The third kappa shape index (κ3) is 4.83. The van der Waals surface area contributed by atoms with Gasteiger partial charge in [0, 0.05) is 19.2 Å². The fourth-order valence-electron chi connectivity index (χ4n) is 4.82. The van der Waals surface area contributed by atoms with Crippen molar-refractivity contribution in [3.05, 3.63) is 47.7 Å². The summed E-state index contributed by atoms with van der Waals surface area (Å²) in [5, 5.41) is 16.4. The van der Waals surface area contributed by atoms with Crippen LogP contribution in [0.5, 0.6) is 0 Å². The Morgan fingerprint density at radius 3 is 2.65 bits per heavy atom. The largest absolute Gasteiger partial charge is 0.343 e. The third-order valence-corrected chi connectivity index (χ3v) is 9.49. The average molecular weight is 482 g/mol. The molecule has 2 aliphatic carbocycles. The number of nitriles is 1. The molecule has 180 valence electrons. The molecule has 9 heteroatoms. The molecule has 0 radical (unpaired) electrons. The van der Waals surface area contributed by atoms with E-state index >= 15 is 0 Å². The molecule has 1 amide bonds. The molecule has 3 fully saturated rings. The summed E-state index contributed by atoms with van der Waals surface area (Å²) in [6.45, 7) is 2.80. The highest BCUT2D eigenvalue weighted by Gasteiger charge is 2.50. The molecular formula is C25H31N5O3S. The number of hydrogen-bond donors (Lipinski definition) is 1. The van der Waals surface area contributed by atoms with Crippen LogP contribution in [-0.4, -0.2) is 53.2 Å². The van der Waals surface area contributed by atoms with Gasteiger partial charge in [0.15, 0.2) is 9.84 Å². The van der Waals surface area contributed by atoms with Crippen LogP contribution in [0, 0.1) is 24.2 Å². The molecule has 2 aromatic rings. The van der Waals surface area contributed by atoms with Crippen molar-refractivity contribution in [2.45, 2.75) is 68.8 Å². The van der Waals surface area contributed by atoms with Gasteiger partial charge in [0.1, 0.15) is 17.4 Å². The van der Waals surface area contributed by atoms with Crippen molar-refractivity contribution in [1.29, 1.82) is 5.26 Å². The number of hydrogen-bond acceptors (Lipinski definition) is 6. The summed E-state index contributed by atoms with van der Waals surface area (Å²) < 4.78 is 28.2. The minimum absolute atomic E-state index is 0.203. The third-order valence-electron chi connectivity index (χ3n) is 7.19. The lowest BCUT2D eigenvalue weighted by molar-refractivity contribution is -0.122. The van der Waals surface area contributed by atoms with Crippen LogP contribution in [0.4, 0.5) is 5.82 Å². The van der Waals surface area contributed by atoms with Gasteiger partial charge in [-0.15, -0.1) is 0 Å².